The molecule has 0 radical (unpaired) electrons. The fourth-order valence-corrected chi connectivity index (χ4v) is 1.30. The third-order valence-electron chi connectivity index (χ3n) is 2.11. The van der Waals surface area contributed by atoms with Crippen LogP contribution in [-0.4, -0.2) is 24.0 Å². The van der Waals surface area contributed by atoms with Crippen LogP contribution < -0.4 is 11.1 Å². The molecule has 0 aliphatic carbocycles. The molecule has 0 fully saturated rings. The van der Waals surface area contributed by atoms with Crippen LogP contribution in [0.3, 0.4) is 0 Å². The fraction of sp³-hybridized carbons (Fsp3) is 0.364. The molecule has 1 unspecified atom stereocenters. The second-order valence-electron chi connectivity index (χ2n) is 3.52. The van der Waals surface area contributed by atoms with E-state index in [1.165, 1.54) is 0 Å². The molecule has 1 aromatic rings. The Bertz CT molecular complexity index is 415. The number of nitrogens with one attached hydrogen (secondary N) is 1. The van der Waals surface area contributed by atoms with Gasteiger partial charge in [-0.25, -0.2) is 8.78 Å². The highest BCUT2D eigenvalue weighted by molar-refractivity contribution is 14.0. The van der Waals surface area contributed by atoms with Gasteiger partial charge in [0.05, 0.1) is 12.2 Å². The summed E-state index contributed by atoms with van der Waals surface area (Å²) in [5.41, 5.74) is 5.56. The van der Waals surface area contributed by atoms with Crippen LogP contribution in [0.15, 0.2) is 23.2 Å². The molecule has 0 saturated carbocycles. The SMILES string of the molecule is CSC(C)CN=C(N)Nc1cc(F)ccc1F.I. The smallest absolute Gasteiger partial charge is 0.193 e. The minimum atomic E-state index is -0.567. The van der Waals surface area contributed by atoms with Crippen molar-refractivity contribution in [2.45, 2.75) is 12.2 Å². The molecule has 0 aliphatic heterocycles. The number of nitrogens with zero attached hydrogens (tertiary/aromatic N) is 1. The van der Waals surface area contributed by atoms with Crippen LogP contribution in [0.2, 0.25) is 0 Å². The molecule has 3 nitrogen and oxygen atoms in total. The Morgan fingerprint density at radius 2 is 2.17 bits per heavy atom. The lowest BCUT2D eigenvalue weighted by molar-refractivity contribution is 0.604. The Morgan fingerprint density at radius 1 is 1.50 bits per heavy atom. The molecule has 7 heteroatoms. The number of nitrogens with two attached hydrogens (primary N) is 1. The lowest BCUT2D eigenvalue weighted by atomic mass is 10.3. The maximum Gasteiger partial charge on any atom is 0.193 e. The third-order valence-corrected chi connectivity index (χ3v) is 3.07. The Balaban J connectivity index is 0.00000289. The van der Waals surface area contributed by atoms with E-state index in [-0.39, 0.29) is 35.6 Å². The molecule has 18 heavy (non-hydrogen) atoms. The monoisotopic (exact) mass is 387 g/mol. The van der Waals surface area contributed by atoms with Crippen LogP contribution in [0.4, 0.5) is 14.5 Å². The first kappa shape index (κ1) is 17.4. The van der Waals surface area contributed by atoms with Gasteiger partial charge in [-0.2, -0.15) is 11.8 Å². The van der Waals surface area contributed by atoms with Crippen molar-refractivity contribution >= 4 is 47.4 Å². The number of benzene rings is 1. The number of guanidine groups is 1. The summed E-state index contributed by atoms with van der Waals surface area (Å²) in [4.78, 5) is 4.03. The highest BCUT2D eigenvalue weighted by atomic mass is 127. The van der Waals surface area contributed by atoms with E-state index in [1.54, 1.807) is 11.8 Å². The molecular weight excluding hydrogens is 371 g/mol. The number of rotatable bonds is 4. The Morgan fingerprint density at radius 3 is 2.78 bits per heavy atom. The zero-order chi connectivity index (χ0) is 12.8. The van der Waals surface area contributed by atoms with Crippen molar-refractivity contribution in [2.75, 3.05) is 18.1 Å². The molecule has 1 rings (SSSR count). The summed E-state index contributed by atoms with van der Waals surface area (Å²) in [5, 5.41) is 2.86. The lowest BCUT2D eigenvalue weighted by Crippen LogP contribution is -2.24. The van der Waals surface area contributed by atoms with Crippen molar-refractivity contribution in [3.05, 3.63) is 29.8 Å². The molecule has 0 amide bonds. The van der Waals surface area contributed by atoms with Gasteiger partial charge in [-0.15, -0.1) is 24.0 Å². The molecule has 0 heterocycles. The van der Waals surface area contributed by atoms with Gasteiger partial charge in [-0.05, 0) is 18.4 Å². The van der Waals surface area contributed by atoms with Gasteiger partial charge in [0.2, 0.25) is 0 Å². The first-order valence-electron chi connectivity index (χ1n) is 5.07. The number of thioether (sulfide) groups is 1. The normalized spacial score (nSPS) is 12.8. The Hall–Kier alpha value is -0.570. The summed E-state index contributed by atoms with van der Waals surface area (Å²) in [6, 6.07) is 3.12. The van der Waals surface area contributed by atoms with Crippen molar-refractivity contribution in [3.8, 4) is 0 Å². The fourth-order valence-electron chi connectivity index (χ4n) is 1.07. The van der Waals surface area contributed by atoms with Gasteiger partial charge in [-0.1, -0.05) is 6.92 Å². The minimum Gasteiger partial charge on any atom is -0.370 e. The largest absolute Gasteiger partial charge is 0.370 e. The van der Waals surface area contributed by atoms with Gasteiger partial charge in [0.15, 0.2) is 5.96 Å². The molecule has 1 atom stereocenters. The van der Waals surface area contributed by atoms with Crippen LogP contribution in [0, 0.1) is 11.6 Å². The lowest BCUT2D eigenvalue weighted by Gasteiger charge is -2.08. The van der Waals surface area contributed by atoms with Crippen LogP contribution in [0.25, 0.3) is 0 Å². The molecule has 0 spiro atoms. The topological polar surface area (TPSA) is 50.4 Å². The predicted molar refractivity (Wildman–Crippen MR) is 84.9 cm³/mol. The summed E-state index contributed by atoms with van der Waals surface area (Å²) < 4.78 is 26.1. The van der Waals surface area contributed by atoms with Crippen molar-refractivity contribution in [1.82, 2.24) is 0 Å². The molecular formula is C11H16F2IN3S. The minimum absolute atomic E-state index is 0. The van der Waals surface area contributed by atoms with Gasteiger partial charge < -0.3 is 11.1 Å². The molecule has 0 aromatic heterocycles. The van der Waals surface area contributed by atoms with Gasteiger partial charge in [0, 0.05) is 11.3 Å². The van der Waals surface area contributed by atoms with E-state index in [1.807, 2.05) is 13.2 Å². The molecule has 0 saturated heterocycles. The average Bonchev–Trinajstić information content (AvgIpc) is 2.30. The first-order chi connectivity index (χ1) is 8.02. The van der Waals surface area contributed by atoms with Crippen molar-refractivity contribution in [2.24, 2.45) is 10.7 Å². The second kappa shape index (κ2) is 8.52. The Kier molecular flexibility index (Phi) is 8.25. The number of halogens is 3. The predicted octanol–water partition coefficient (Wildman–Crippen LogP) is 3.06. The van der Waals surface area contributed by atoms with Gasteiger partial charge in [0.1, 0.15) is 11.6 Å². The molecule has 1 aromatic carbocycles. The van der Waals surface area contributed by atoms with E-state index in [0.717, 1.165) is 18.2 Å². The van der Waals surface area contributed by atoms with E-state index in [2.05, 4.69) is 10.3 Å². The molecule has 102 valence electrons. The molecule has 0 aliphatic rings. The number of anilines is 1. The zero-order valence-corrected chi connectivity index (χ0v) is 13.3. The average molecular weight is 387 g/mol. The van der Waals surface area contributed by atoms with Gasteiger partial charge >= 0.3 is 0 Å². The summed E-state index contributed by atoms with van der Waals surface area (Å²) in [6.07, 6.45) is 1.97. The number of hydrogen-bond donors (Lipinski definition) is 2. The van der Waals surface area contributed by atoms with E-state index < -0.39 is 11.6 Å². The highest BCUT2D eigenvalue weighted by Gasteiger charge is 2.05. The summed E-state index contributed by atoms with van der Waals surface area (Å²) in [6.45, 7) is 2.53. The summed E-state index contributed by atoms with van der Waals surface area (Å²) in [7, 11) is 0. The van der Waals surface area contributed by atoms with Crippen molar-refractivity contribution in [3.63, 3.8) is 0 Å². The van der Waals surface area contributed by atoms with E-state index in [0.29, 0.717) is 11.8 Å². The Labute approximate surface area is 127 Å². The van der Waals surface area contributed by atoms with Crippen LogP contribution in [0.1, 0.15) is 6.92 Å². The van der Waals surface area contributed by atoms with E-state index in [4.69, 9.17) is 5.73 Å². The molecule has 0 bridgehead atoms. The maximum absolute atomic E-state index is 13.3. The number of aliphatic imine (C=N–C) groups is 1. The highest BCUT2D eigenvalue weighted by Crippen LogP contribution is 2.14. The third kappa shape index (κ3) is 5.85. The summed E-state index contributed by atoms with van der Waals surface area (Å²) >= 11 is 1.65. The van der Waals surface area contributed by atoms with Crippen LogP contribution >= 0.6 is 35.7 Å². The summed E-state index contributed by atoms with van der Waals surface area (Å²) in [5.74, 6) is -1.02. The van der Waals surface area contributed by atoms with E-state index >= 15 is 0 Å². The van der Waals surface area contributed by atoms with Gasteiger partial charge in [0.25, 0.3) is 0 Å². The standard InChI is InChI=1S/C11H15F2N3S.HI/c1-7(17-2)6-15-11(14)16-10-5-8(12)3-4-9(10)13;/h3-5,7H,6H2,1-2H3,(H3,14,15,16);1H. The van der Waals surface area contributed by atoms with Gasteiger partial charge in [-0.3, -0.25) is 4.99 Å². The number of hydrogen-bond acceptors (Lipinski definition) is 2. The van der Waals surface area contributed by atoms with Crippen molar-refractivity contribution < 1.29 is 8.78 Å². The second-order valence-corrected chi connectivity index (χ2v) is 4.80. The van der Waals surface area contributed by atoms with Crippen LogP contribution in [-0.2, 0) is 0 Å². The zero-order valence-electron chi connectivity index (χ0n) is 10.1. The quantitative estimate of drug-likeness (QED) is 0.475. The van der Waals surface area contributed by atoms with E-state index in [9.17, 15) is 8.78 Å². The van der Waals surface area contributed by atoms with Crippen LogP contribution in [0.5, 0.6) is 0 Å². The van der Waals surface area contributed by atoms with Crippen molar-refractivity contribution in [1.29, 1.82) is 0 Å². The first-order valence-corrected chi connectivity index (χ1v) is 6.36. The molecule has 3 N–H and O–H groups in total. The maximum atomic E-state index is 13.3.